The predicted molar refractivity (Wildman–Crippen MR) is 119 cm³/mol. The summed E-state index contributed by atoms with van der Waals surface area (Å²) in [6.07, 6.45) is 16.7. The molecule has 1 N–H and O–H groups in total. The Labute approximate surface area is 171 Å². The van der Waals surface area contributed by atoms with Crippen LogP contribution in [0.1, 0.15) is 119 Å². The molecule has 3 saturated carbocycles. The molecule has 27 heavy (non-hydrogen) atoms. The molecule has 0 amide bonds. The van der Waals surface area contributed by atoms with Crippen LogP contribution < -0.4 is 0 Å². The van der Waals surface area contributed by atoms with Crippen molar-refractivity contribution in [2.45, 2.75) is 119 Å². The Morgan fingerprint density at radius 3 is 2.30 bits per heavy atom. The van der Waals surface area contributed by atoms with Gasteiger partial charge in [-0.05, 0) is 78.9 Å². The molecule has 3 aliphatic carbocycles. The summed E-state index contributed by atoms with van der Waals surface area (Å²) < 4.78 is 0. The van der Waals surface area contributed by atoms with Gasteiger partial charge in [0.15, 0.2) is 0 Å². The van der Waals surface area contributed by atoms with Crippen molar-refractivity contribution in [3.8, 4) is 0 Å². The molecule has 160 valence electrons. The smallest absolute Gasteiger partial charge is 0.0492 e. The molecule has 3 fully saturated rings. The van der Waals surface area contributed by atoms with Gasteiger partial charge in [0.25, 0.3) is 0 Å². The first-order chi connectivity index (χ1) is 13.0. The van der Waals surface area contributed by atoms with Crippen molar-refractivity contribution in [1.82, 2.24) is 0 Å². The number of hydrogen-bond acceptors (Lipinski definition) is 1. The highest BCUT2D eigenvalue weighted by molar-refractivity contribution is 5.08. The first kappa shape index (κ1) is 23.2. The van der Waals surface area contributed by atoms with Gasteiger partial charge < -0.3 is 5.11 Å². The molecule has 0 aromatic heterocycles. The minimum absolute atomic E-state index is 0.243. The van der Waals surface area contributed by atoms with Crippen LogP contribution in [0.4, 0.5) is 0 Å². The van der Waals surface area contributed by atoms with Gasteiger partial charge in [-0.25, -0.2) is 0 Å². The summed E-state index contributed by atoms with van der Waals surface area (Å²) in [5, 5.41) is 10.7. The van der Waals surface area contributed by atoms with E-state index < -0.39 is 0 Å². The molecular weight excluding hydrogens is 328 g/mol. The SMILES string of the molecule is CC.CCCCC1CCC2(CO)C(CCC(C)(C3CCCC3C)C2CC)C1. The third kappa shape index (κ3) is 4.29. The Morgan fingerprint density at radius 1 is 1.00 bits per heavy atom. The molecule has 7 unspecified atom stereocenters. The van der Waals surface area contributed by atoms with Gasteiger partial charge in [0.05, 0.1) is 0 Å². The number of aliphatic hydroxyl groups is 1. The van der Waals surface area contributed by atoms with Gasteiger partial charge in [-0.2, -0.15) is 0 Å². The lowest BCUT2D eigenvalue weighted by molar-refractivity contribution is -0.153. The highest BCUT2D eigenvalue weighted by atomic mass is 16.3. The van der Waals surface area contributed by atoms with E-state index in [0.717, 1.165) is 29.6 Å². The van der Waals surface area contributed by atoms with E-state index in [1.807, 2.05) is 13.8 Å². The zero-order valence-corrected chi connectivity index (χ0v) is 19.5. The van der Waals surface area contributed by atoms with Gasteiger partial charge in [0.1, 0.15) is 0 Å². The lowest BCUT2D eigenvalue weighted by Gasteiger charge is -2.62. The maximum absolute atomic E-state index is 10.7. The van der Waals surface area contributed by atoms with Crippen molar-refractivity contribution in [3.05, 3.63) is 0 Å². The largest absolute Gasteiger partial charge is 0.396 e. The van der Waals surface area contributed by atoms with Crippen molar-refractivity contribution in [1.29, 1.82) is 0 Å². The van der Waals surface area contributed by atoms with Crippen molar-refractivity contribution < 1.29 is 5.11 Å². The van der Waals surface area contributed by atoms with Gasteiger partial charge in [-0.1, -0.05) is 80.1 Å². The number of hydrogen-bond donors (Lipinski definition) is 1. The monoisotopic (exact) mass is 378 g/mol. The number of rotatable bonds is 6. The van der Waals surface area contributed by atoms with Gasteiger partial charge in [-0.3, -0.25) is 0 Å². The van der Waals surface area contributed by atoms with E-state index in [-0.39, 0.29) is 5.41 Å². The molecular formula is C26H50O. The molecule has 0 aromatic rings. The van der Waals surface area contributed by atoms with Crippen LogP contribution in [0.15, 0.2) is 0 Å². The maximum atomic E-state index is 10.7. The molecule has 3 rings (SSSR count). The molecule has 3 aliphatic rings. The van der Waals surface area contributed by atoms with Crippen molar-refractivity contribution in [2.24, 2.45) is 40.4 Å². The average Bonchev–Trinajstić information content (AvgIpc) is 3.14. The van der Waals surface area contributed by atoms with E-state index in [2.05, 4.69) is 27.7 Å². The van der Waals surface area contributed by atoms with Gasteiger partial charge in [0, 0.05) is 6.61 Å². The van der Waals surface area contributed by atoms with E-state index in [1.165, 1.54) is 77.0 Å². The van der Waals surface area contributed by atoms with Gasteiger partial charge in [0.2, 0.25) is 0 Å². The number of aliphatic hydroxyl groups excluding tert-OH is 1. The summed E-state index contributed by atoms with van der Waals surface area (Å²) in [5.74, 6) is 4.27. The Balaban J connectivity index is 0.00000126. The standard InChI is InChI=1S/C24H44O.C2H6/c1-5-7-10-19-12-15-24(17-25)20(16-19)13-14-23(4,22(24)6-2)21-11-8-9-18(21)3;1-2/h18-22,25H,5-17H2,1-4H3;1-2H3. The van der Waals surface area contributed by atoms with Gasteiger partial charge >= 0.3 is 0 Å². The molecule has 0 aliphatic heterocycles. The van der Waals surface area contributed by atoms with Crippen molar-refractivity contribution in [3.63, 3.8) is 0 Å². The lowest BCUT2D eigenvalue weighted by atomic mass is 9.43. The molecule has 0 aromatic carbocycles. The van der Waals surface area contributed by atoms with E-state index in [1.54, 1.807) is 0 Å². The van der Waals surface area contributed by atoms with Crippen LogP contribution in [0.3, 0.4) is 0 Å². The average molecular weight is 379 g/mol. The molecule has 0 saturated heterocycles. The van der Waals surface area contributed by atoms with Crippen LogP contribution in [0.2, 0.25) is 0 Å². The van der Waals surface area contributed by atoms with Crippen LogP contribution in [-0.4, -0.2) is 11.7 Å². The lowest BCUT2D eigenvalue weighted by Crippen LogP contribution is -2.56. The minimum atomic E-state index is 0.243. The van der Waals surface area contributed by atoms with E-state index in [9.17, 15) is 5.11 Å². The summed E-state index contributed by atoms with van der Waals surface area (Å²) in [5.41, 5.74) is 0.715. The second-order valence-electron chi connectivity index (χ2n) is 10.4. The molecule has 1 nitrogen and oxygen atoms in total. The zero-order chi connectivity index (χ0) is 20.1. The van der Waals surface area contributed by atoms with Crippen LogP contribution in [-0.2, 0) is 0 Å². The van der Waals surface area contributed by atoms with Crippen LogP contribution in [0.25, 0.3) is 0 Å². The zero-order valence-electron chi connectivity index (χ0n) is 19.5. The second-order valence-corrected chi connectivity index (χ2v) is 10.4. The maximum Gasteiger partial charge on any atom is 0.0492 e. The Bertz CT molecular complexity index is 432. The number of unbranched alkanes of at least 4 members (excludes halogenated alkanes) is 1. The fourth-order valence-electron chi connectivity index (χ4n) is 8.13. The number of fused-ring (bicyclic) bond motifs is 1. The van der Waals surface area contributed by atoms with Crippen LogP contribution in [0, 0.1) is 40.4 Å². The summed E-state index contributed by atoms with van der Waals surface area (Å²) in [6.45, 7) is 14.3. The first-order valence-corrected chi connectivity index (χ1v) is 12.6. The fraction of sp³-hybridized carbons (Fsp3) is 1.00. The third-order valence-electron chi connectivity index (χ3n) is 9.35. The molecule has 0 heterocycles. The summed E-state index contributed by atoms with van der Waals surface area (Å²) >= 11 is 0. The summed E-state index contributed by atoms with van der Waals surface area (Å²) in [4.78, 5) is 0. The molecule has 0 bridgehead atoms. The predicted octanol–water partition coefficient (Wildman–Crippen LogP) is 7.86. The first-order valence-electron chi connectivity index (χ1n) is 12.6. The Hall–Kier alpha value is -0.0400. The van der Waals surface area contributed by atoms with E-state index in [0.29, 0.717) is 12.0 Å². The summed E-state index contributed by atoms with van der Waals surface area (Å²) in [7, 11) is 0. The quantitative estimate of drug-likeness (QED) is 0.498. The highest BCUT2D eigenvalue weighted by Crippen LogP contribution is 2.65. The van der Waals surface area contributed by atoms with Crippen molar-refractivity contribution in [2.75, 3.05) is 6.61 Å². The highest BCUT2D eigenvalue weighted by Gasteiger charge is 2.59. The minimum Gasteiger partial charge on any atom is -0.396 e. The van der Waals surface area contributed by atoms with Crippen LogP contribution in [0.5, 0.6) is 0 Å². The second kappa shape index (κ2) is 10.1. The van der Waals surface area contributed by atoms with E-state index in [4.69, 9.17) is 0 Å². The molecule has 1 heteroatoms. The third-order valence-corrected chi connectivity index (χ3v) is 9.35. The van der Waals surface area contributed by atoms with Crippen molar-refractivity contribution >= 4 is 0 Å². The van der Waals surface area contributed by atoms with Gasteiger partial charge in [-0.15, -0.1) is 0 Å². The van der Waals surface area contributed by atoms with E-state index >= 15 is 0 Å². The summed E-state index contributed by atoms with van der Waals surface area (Å²) in [6, 6.07) is 0. The molecule has 7 atom stereocenters. The molecule has 0 radical (unpaired) electrons. The Morgan fingerprint density at radius 2 is 1.74 bits per heavy atom. The van der Waals surface area contributed by atoms with Crippen LogP contribution >= 0.6 is 0 Å². The molecule has 0 spiro atoms. The topological polar surface area (TPSA) is 20.2 Å². The Kier molecular flexibility index (Phi) is 8.72. The fourth-order valence-corrected chi connectivity index (χ4v) is 8.13. The normalized spacial score (nSPS) is 44.3.